The fraction of sp³-hybridized carbons (Fsp3) is 0.400. The molecule has 1 N–H and O–H groups in total. The second-order valence-electron chi connectivity index (χ2n) is 4.93. The van der Waals surface area contributed by atoms with E-state index in [-0.39, 0.29) is 6.04 Å². The number of fused-ring (bicyclic) bond motifs is 1. The van der Waals surface area contributed by atoms with Crippen molar-refractivity contribution in [3.63, 3.8) is 0 Å². The number of aromatic nitrogens is 2. The molecule has 1 unspecified atom stereocenters. The molecule has 19 heavy (non-hydrogen) atoms. The maximum absolute atomic E-state index is 5.48. The molecule has 1 aromatic heterocycles. The van der Waals surface area contributed by atoms with Crippen molar-refractivity contribution in [3.8, 4) is 0 Å². The lowest BCUT2D eigenvalue weighted by atomic mass is 9.99. The van der Waals surface area contributed by atoms with Crippen molar-refractivity contribution in [1.82, 2.24) is 15.1 Å². The fourth-order valence-corrected chi connectivity index (χ4v) is 2.56. The standard InChI is InChI=1S/C15H19N3O/c1-3-16-15(14-6-7-18(2)17-14)11-4-5-12-9-19-10-13(12)8-11/h4-8,15-16H,3,9-10H2,1-2H3. The summed E-state index contributed by atoms with van der Waals surface area (Å²) in [7, 11) is 1.95. The Morgan fingerprint density at radius 2 is 2.16 bits per heavy atom. The van der Waals surface area contributed by atoms with Gasteiger partial charge in [0.05, 0.1) is 24.9 Å². The Morgan fingerprint density at radius 1 is 1.32 bits per heavy atom. The third kappa shape index (κ3) is 2.41. The van der Waals surface area contributed by atoms with Gasteiger partial charge in [-0.15, -0.1) is 0 Å². The molecule has 100 valence electrons. The molecule has 4 nitrogen and oxygen atoms in total. The van der Waals surface area contributed by atoms with Gasteiger partial charge in [0.2, 0.25) is 0 Å². The molecular weight excluding hydrogens is 238 g/mol. The van der Waals surface area contributed by atoms with E-state index in [1.165, 1.54) is 16.7 Å². The Balaban J connectivity index is 1.95. The number of benzene rings is 1. The first-order chi connectivity index (χ1) is 9.28. The number of aryl methyl sites for hydroxylation is 1. The topological polar surface area (TPSA) is 39.1 Å². The third-order valence-corrected chi connectivity index (χ3v) is 3.52. The highest BCUT2D eigenvalue weighted by Crippen LogP contribution is 2.26. The number of ether oxygens (including phenoxy) is 1. The predicted octanol–water partition coefficient (Wildman–Crippen LogP) is 2.15. The van der Waals surface area contributed by atoms with Crippen molar-refractivity contribution in [2.75, 3.05) is 6.54 Å². The van der Waals surface area contributed by atoms with Crippen LogP contribution in [-0.2, 0) is 25.0 Å². The van der Waals surface area contributed by atoms with Gasteiger partial charge in [-0.3, -0.25) is 4.68 Å². The van der Waals surface area contributed by atoms with Crippen molar-refractivity contribution in [1.29, 1.82) is 0 Å². The Morgan fingerprint density at radius 3 is 2.89 bits per heavy atom. The van der Waals surface area contributed by atoms with Gasteiger partial charge in [0.25, 0.3) is 0 Å². The second kappa shape index (κ2) is 5.15. The van der Waals surface area contributed by atoms with Gasteiger partial charge in [0, 0.05) is 13.2 Å². The van der Waals surface area contributed by atoms with Gasteiger partial charge in [-0.05, 0) is 29.3 Å². The summed E-state index contributed by atoms with van der Waals surface area (Å²) in [6.45, 7) is 4.50. The van der Waals surface area contributed by atoms with Gasteiger partial charge in [0.1, 0.15) is 0 Å². The molecule has 0 fully saturated rings. The van der Waals surface area contributed by atoms with Crippen molar-refractivity contribution in [2.45, 2.75) is 26.2 Å². The third-order valence-electron chi connectivity index (χ3n) is 3.52. The van der Waals surface area contributed by atoms with Crippen LogP contribution in [0, 0.1) is 0 Å². The highest BCUT2D eigenvalue weighted by molar-refractivity contribution is 5.37. The summed E-state index contributed by atoms with van der Waals surface area (Å²) in [6.07, 6.45) is 1.98. The van der Waals surface area contributed by atoms with Crippen LogP contribution < -0.4 is 5.32 Å². The number of rotatable bonds is 4. The van der Waals surface area contributed by atoms with E-state index in [1.807, 2.05) is 17.9 Å². The first kappa shape index (κ1) is 12.4. The van der Waals surface area contributed by atoms with Crippen LogP contribution in [0.3, 0.4) is 0 Å². The average Bonchev–Trinajstić information content (AvgIpc) is 3.03. The summed E-state index contributed by atoms with van der Waals surface area (Å²) in [5, 5.41) is 8.03. The number of hydrogen-bond donors (Lipinski definition) is 1. The molecule has 2 aromatic rings. The smallest absolute Gasteiger partial charge is 0.0839 e. The van der Waals surface area contributed by atoms with E-state index >= 15 is 0 Å². The molecule has 1 aliphatic heterocycles. The molecule has 0 aliphatic carbocycles. The zero-order valence-corrected chi connectivity index (χ0v) is 11.4. The lowest BCUT2D eigenvalue weighted by Gasteiger charge is -2.17. The lowest BCUT2D eigenvalue weighted by molar-refractivity contribution is 0.134. The molecule has 0 bridgehead atoms. The molecule has 0 amide bonds. The molecule has 1 aliphatic rings. The molecule has 4 heteroatoms. The Labute approximate surface area is 113 Å². The van der Waals surface area contributed by atoms with E-state index in [4.69, 9.17) is 4.74 Å². The van der Waals surface area contributed by atoms with Crippen LogP contribution in [0.1, 0.15) is 35.3 Å². The van der Waals surface area contributed by atoms with Gasteiger partial charge in [-0.2, -0.15) is 5.10 Å². The van der Waals surface area contributed by atoms with E-state index in [2.05, 4.69) is 41.6 Å². The Bertz CT molecular complexity index is 577. The highest BCUT2D eigenvalue weighted by Gasteiger charge is 2.18. The van der Waals surface area contributed by atoms with Gasteiger partial charge in [0.15, 0.2) is 0 Å². The van der Waals surface area contributed by atoms with Crippen molar-refractivity contribution >= 4 is 0 Å². The van der Waals surface area contributed by atoms with Gasteiger partial charge < -0.3 is 10.1 Å². The molecule has 0 radical (unpaired) electrons. The van der Waals surface area contributed by atoms with E-state index < -0.39 is 0 Å². The zero-order chi connectivity index (χ0) is 13.2. The van der Waals surface area contributed by atoms with Crippen LogP contribution in [0.25, 0.3) is 0 Å². The summed E-state index contributed by atoms with van der Waals surface area (Å²) in [4.78, 5) is 0. The van der Waals surface area contributed by atoms with E-state index in [1.54, 1.807) is 0 Å². The van der Waals surface area contributed by atoms with E-state index in [0.29, 0.717) is 0 Å². The maximum atomic E-state index is 5.48. The van der Waals surface area contributed by atoms with Crippen LogP contribution in [0.4, 0.5) is 0 Å². The average molecular weight is 257 g/mol. The van der Waals surface area contributed by atoms with Gasteiger partial charge in [-0.25, -0.2) is 0 Å². The summed E-state index contributed by atoms with van der Waals surface area (Å²) in [6, 6.07) is 8.80. The normalized spacial score (nSPS) is 15.5. The monoisotopic (exact) mass is 257 g/mol. The molecule has 1 atom stereocenters. The number of nitrogens with zero attached hydrogens (tertiary/aromatic N) is 2. The van der Waals surface area contributed by atoms with E-state index in [0.717, 1.165) is 25.5 Å². The molecular formula is C15H19N3O. The quantitative estimate of drug-likeness (QED) is 0.912. The van der Waals surface area contributed by atoms with Crippen molar-refractivity contribution < 1.29 is 4.74 Å². The van der Waals surface area contributed by atoms with Crippen LogP contribution in [-0.4, -0.2) is 16.3 Å². The molecule has 2 heterocycles. The molecule has 0 saturated carbocycles. The summed E-state index contributed by atoms with van der Waals surface area (Å²) in [5.74, 6) is 0. The van der Waals surface area contributed by atoms with Crippen LogP contribution in [0.2, 0.25) is 0 Å². The highest BCUT2D eigenvalue weighted by atomic mass is 16.5. The molecule has 1 aromatic carbocycles. The minimum absolute atomic E-state index is 0.150. The van der Waals surface area contributed by atoms with E-state index in [9.17, 15) is 0 Å². The second-order valence-corrected chi connectivity index (χ2v) is 4.93. The first-order valence-electron chi connectivity index (χ1n) is 6.70. The predicted molar refractivity (Wildman–Crippen MR) is 73.7 cm³/mol. The Hall–Kier alpha value is -1.65. The number of hydrogen-bond acceptors (Lipinski definition) is 3. The van der Waals surface area contributed by atoms with Crippen LogP contribution in [0.15, 0.2) is 30.5 Å². The largest absolute Gasteiger partial charge is 0.372 e. The molecule has 0 spiro atoms. The minimum atomic E-state index is 0.150. The van der Waals surface area contributed by atoms with Crippen molar-refractivity contribution in [3.05, 3.63) is 52.8 Å². The maximum Gasteiger partial charge on any atom is 0.0839 e. The molecule has 0 saturated heterocycles. The van der Waals surface area contributed by atoms with Crippen molar-refractivity contribution in [2.24, 2.45) is 7.05 Å². The SMILES string of the molecule is CCNC(c1ccc2c(c1)COC2)c1ccn(C)n1. The fourth-order valence-electron chi connectivity index (χ4n) is 2.56. The molecule has 3 rings (SSSR count). The minimum Gasteiger partial charge on any atom is -0.372 e. The number of nitrogens with one attached hydrogen (secondary N) is 1. The van der Waals surface area contributed by atoms with Gasteiger partial charge in [-0.1, -0.05) is 25.1 Å². The summed E-state index contributed by atoms with van der Waals surface area (Å²) in [5.41, 5.74) is 4.92. The zero-order valence-electron chi connectivity index (χ0n) is 11.4. The van der Waals surface area contributed by atoms with Crippen LogP contribution >= 0.6 is 0 Å². The first-order valence-corrected chi connectivity index (χ1v) is 6.70. The van der Waals surface area contributed by atoms with Gasteiger partial charge >= 0.3 is 0 Å². The Kier molecular flexibility index (Phi) is 3.36. The van der Waals surface area contributed by atoms with Crippen LogP contribution in [0.5, 0.6) is 0 Å². The summed E-state index contributed by atoms with van der Waals surface area (Å²) >= 11 is 0. The summed E-state index contributed by atoms with van der Waals surface area (Å²) < 4.78 is 7.32. The lowest BCUT2D eigenvalue weighted by Crippen LogP contribution is -2.22.